The van der Waals surface area contributed by atoms with Crippen LogP contribution in [0.5, 0.6) is 0 Å². The summed E-state index contributed by atoms with van der Waals surface area (Å²) in [4.78, 5) is 2.51. The molecule has 0 amide bonds. The minimum absolute atomic E-state index is 0.133. The van der Waals surface area contributed by atoms with Crippen LogP contribution in [0, 0.1) is 5.92 Å². The number of fused-ring (bicyclic) bond motifs is 9. The van der Waals surface area contributed by atoms with E-state index in [9.17, 15) is 0 Å². The quantitative estimate of drug-likeness (QED) is 0.159. The Balaban J connectivity index is 1.04. The average Bonchev–Trinajstić information content (AvgIpc) is 3.92. The Kier molecular flexibility index (Phi) is 8.60. The molecule has 0 bridgehead atoms. The molecule has 0 N–H and O–H groups in total. The van der Waals surface area contributed by atoms with Crippen molar-refractivity contribution in [1.29, 1.82) is 0 Å². The summed E-state index contributed by atoms with van der Waals surface area (Å²) in [5, 5.41) is 7.06. The Morgan fingerprint density at radius 1 is 0.431 bits per heavy atom. The van der Waals surface area contributed by atoms with Gasteiger partial charge in [-0.3, -0.25) is 0 Å². The Labute approximate surface area is 378 Å². The number of hydrogen-bond donors (Lipinski definition) is 0. The van der Waals surface area contributed by atoms with E-state index in [-0.39, 0.29) is 11.8 Å². The van der Waals surface area contributed by atoms with Crippen molar-refractivity contribution in [3.63, 3.8) is 0 Å². The second-order valence-electron chi connectivity index (χ2n) is 17.5. The third kappa shape index (κ3) is 5.74. The van der Waals surface area contributed by atoms with Crippen LogP contribution in [0.25, 0.3) is 65.7 Å². The molecule has 0 aliphatic heterocycles. The van der Waals surface area contributed by atoms with Crippen molar-refractivity contribution < 1.29 is 4.42 Å². The van der Waals surface area contributed by atoms with Gasteiger partial charge in [-0.05, 0) is 103 Å². The van der Waals surface area contributed by atoms with E-state index in [1.807, 2.05) is 0 Å². The highest BCUT2D eigenvalue weighted by molar-refractivity contribution is 6.19. The molecular formula is C63H43NO. The van der Waals surface area contributed by atoms with Crippen LogP contribution in [-0.2, 0) is 5.41 Å². The first-order valence-electron chi connectivity index (χ1n) is 22.7. The zero-order valence-corrected chi connectivity index (χ0v) is 35.7. The molecule has 306 valence electrons. The fraction of sp³-hybridized carbons (Fsp3) is 0.0476. The smallest absolute Gasteiger partial charge is 0.143 e. The SMILES string of the molecule is C1=CC2c3c(N(c4ccc(-c5cccc6ccccc56)cc4)c4cccc(-c5cccc6oc7c8ccccc8ccc7c56)c4)cccc3C(c3ccccc3)(c3ccccc3)C2C=C1. The molecular weight excluding hydrogens is 787 g/mol. The van der Waals surface area contributed by atoms with E-state index in [4.69, 9.17) is 4.42 Å². The predicted octanol–water partition coefficient (Wildman–Crippen LogP) is 16.9. The highest BCUT2D eigenvalue weighted by Gasteiger charge is 2.54. The predicted molar refractivity (Wildman–Crippen MR) is 272 cm³/mol. The molecule has 0 saturated heterocycles. The number of hydrogen-bond acceptors (Lipinski definition) is 2. The molecule has 0 radical (unpaired) electrons. The second-order valence-corrected chi connectivity index (χ2v) is 17.5. The molecule has 11 aromatic rings. The second kappa shape index (κ2) is 15.0. The molecule has 0 fully saturated rings. The number of furan rings is 1. The Morgan fingerprint density at radius 2 is 1.08 bits per heavy atom. The van der Waals surface area contributed by atoms with Gasteiger partial charge in [0.2, 0.25) is 0 Å². The van der Waals surface area contributed by atoms with Crippen LogP contribution in [0.1, 0.15) is 28.2 Å². The van der Waals surface area contributed by atoms with Gasteiger partial charge >= 0.3 is 0 Å². The Bertz CT molecular complexity index is 3630. The van der Waals surface area contributed by atoms with Crippen molar-refractivity contribution in [3.8, 4) is 22.3 Å². The summed E-state index contributed by atoms with van der Waals surface area (Å²) in [7, 11) is 0. The largest absolute Gasteiger partial charge is 0.455 e. The number of benzene rings is 10. The lowest BCUT2D eigenvalue weighted by Crippen LogP contribution is -2.34. The van der Waals surface area contributed by atoms with E-state index >= 15 is 0 Å². The molecule has 13 rings (SSSR count). The van der Waals surface area contributed by atoms with Crippen molar-refractivity contribution in [2.45, 2.75) is 11.3 Å². The van der Waals surface area contributed by atoms with E-state index in [2.05, 4.69) is 254 Å². The maximum absolute atomic E-state index is 6.69. The van der Waals surface area contributed by atoms with Gasteiger partial charge in [-0.25, -0.2) is 0 Å². The van der Waals surface area contributed by atoms with Crippen molar-refractivity contribution in [3.05, 3.63) is 271 Å². The highest BCUT2D eigenvalue weighted by Crippen LogP contribution is 2.62. The summed E-state index contributed by atoms with van der Waals surface area (Å²) in [5.41, 5.74) is 14.8. The van der Waals surface area contributed by atoms with Crippen LogP contribution in [-0.4, -0.2) is 0 Å². The van der Waals surface area contributed by atoms with Crippen LogP contribution >= 0.6 is 0 Å². The van der Waals surface area contributed by atoms with E-state index in [0.717, 1.165) is 49.8 Å². The topological polar surface area (TPSA) is 16.4 Å². The molecule has 1 heterocycles. The van der Waals surface area contributed by atoms with Crippen LogP contribution < -0.4 is 4.90 Å². The lowest BCUT2D eigenvalue weighted by molar-refractivity contribution is 0.457. The third-order valence-corrected chi connectivity index (χ3v) is 14.2. The first-order chi connectivity index (χ1) is 32.3. The molecule has 2 heteroatoms. The first-order valence-corrected chi connectivity index (χ1v) is 22.7. The number of allylic oxidation sites excluding steroid dienone is 4. The summed E-state index contributed by atoms with van der Waals surface area (Å²) >= 11 is 0. The first kappa shape index (κ1) is 37.4. The summed E-state index contributed by atoms with van der Waals surface area (Å²) in [5.74, 6) is 0.298. The summed E-state index contributed by atoms with van der Waals surface area (Å²) < 4.78 is 6.69. The van der Waals surface area contributed by atoms with Gasteiger partial charge in [-0.1, -0.05) is 206 Å². The van der Waals surface area contributed by atoms with Gasteiger partial charge in [0.05, 0.1) is 11.1 Å². The highest BCUT2D eigenvalue weighted by atomic mass is 16.3. The molecule has 2 aliphatic carbocycles. The van der Waals surface area contributed by atoms with Gasteiger partial charge in [0.1, 0.15) is 11.2 Å². The van der Waals surface area contributed by atoms with Crippen molar-refractivity contribution in [1.82, 2.24) is 0 Å². The van der Waals surface area contributed by atoms with E-state index < -0.39 is 5.41 Å². The Hall–Kier alpha value is -8.20. The van der Waals surface area contributed by atoms with E-state index in [1.165, 1.54) is 55.2 Å². The fourth-order valence-electron chi connectivity index (χ4n) is 11.5. The molecule has 0 saturated carbocycles. The number of rotatable bonds is 7. The maximum Gasteiger partial charge on any atom is 0.143 e. The summed E-state index contributed by atoms with van der Waals surface area (Å²) in [6, 6.07) is 82.4. The minimum Gasteiger partial charge on any atom is -0.455 e. The van der Waals surface area contributed by atoms with Crippen LogP contribution in [0.3, 0.4) is 0 Å². The van der Waals surface area contributed by atoms with Crippen LogP contribution in [0.2, 0.25) is 0 Å². The summed E-state index contributed by atoms with van der Waals surface area (Å²) in [6.45, 7) is 0. The van der Waals surface area contributed by atoms with Gasteiger partial charge in [0, 0.05) is 39.4 Å². The average molecular weight is 830 g/mol. The minimum atomic E-state index is -0.409. The summed E-state index contributed by atoms with van der Waals surface area (Å²) in [6.07, 6.45) is 9.39. The van der Waals surface area contributed by atoms with E-state index in [1.54, 1.807) is 0 Å². The molecule has 2 nitrogen and oxygen atoms in total. The van der Waals surface area contributed by atoms with Gasteiger partial charge in [-0.15, -0.1) is 0 Å². The monoisotopic (exact) mass is 829 g/mol. The fourth-order valence-corrected chi connectivity index (χ4v) is 11.5. The maximum atomic E-state index is 6.69. The van der Waals surface area contributed by atoms with Gasteiger partial charge in [-0.2, -0.15) is 0 Å². The molecule has 2 unspecified atom stereocenters. The molecule has 65 heavy (non-hydrogen) atoms. The Morgan fingerprint density at radius 3 is 1.88 bits per heavy atom. The van der Waals surface area contributed by atoms with Crippen molar-refractivity contribution >= 4 is 60.5 Å². The van der Waals surface area contributed by atoms with Crippen molar-refractivity contribution in [2.24, 2.45) is 5.92 Å². The zero-order valence-electron chi connectivity index (χ0n) is 35.7. The molecule has 10 aromatic carbocycles. The third-order valence-electron chi connectivity index (χ3n) is 14.2. The molecule has 2 aliphatic rings. The molecule has 0 spiro atoms. The number of anilines is 3. The zero-order chi connectivity index (χ0) is 42.9. The van der Waals surface area contributed by atoms with Crippen LogP contribution in [0.4, 0.5) is 17.1 Å². The van der Waals surface area contributed by atoms with E-state index in [0.29, 0.717) is 0 Å². The molecule has 1 aromatic heterocycles. The van der Waals surface area contributed by atoms with Crippen LogP contribution in [0.15, 0.2) is 253 Å². The van der Waals surface area contributed by atoms with Crippen molar-refractivity contribution in [2.75, 3.05) is 4.90 Å². The lowest BCUT2D eigenvalue weighted by Gasteiger charge is -2.38. The standard InChI is InChI=1S/C63H43NO/c1-3-21-46(22-4-1)63(47-23-5-2-6-24-47)56-31-12-11-28-54(56)61-57(63)32-16-33-58(61)64(48-38-35-44(36-39-48)51-29-14-19-42-17-7-9-26-50(42)51)49-25-13-20-45(41-49)52-30-15-34-59-60(52)55-40-37-43-18-8-10-27-53(43)62(55)65-59/h1-41,54,56H. The molecule has 2 atom stereocenters. The van der Waals surface area contributed by atoms with Gasteiger partial charge in [0.15, 0.2) is 0 Å². The normalized spacial score (nSPS) is 16.0. The number of nitrogens with zero attached hydrogens (tertiary/aromatic N) is 1. The van der Waals surface area contributed by atoms with Gasteiger partial charge < -0.3 is 9.32 Å². The lowest BCUT2D eigenvalue weighted by atomic mass is 9.63. The van der Waals surface area contributed by atoms with Gasteiger partial charge in [0.25, 0.3) is 0 Å².